The summed E-state index contributed by atoms with van der Waals surface area (Å²) in [5.74, 6) is 5.21. The van der Waals surface area contributed by atoms with E-state index in [1.165, 1.54) is 19.3 Å². The second-order valence-electron chi connectivity index (χ2n) is 5.71. The number of carbonyl (C=O) groups is 1. The van der Waals surface area contributed by atoms with Crippen LogP contribution in [0.1, 0.15) is 77.6 Å². The van der Waals surface area contributed by atoms with Crippen molar-refractivity contribution in [1.82, 2.24) is 0 Å². The van der Waals surface area contributed by atoms with Crippen molar-refractivity contribution in [3.05, 3.63) is 24.3 Å². The molecule has 0 amide bonds. The van der Waals surface area contributed by atoms with Crippen LogP contribution >= 0.6 is 0 Å². The molecule has 0 fully saturated rings. The molecule has 130 valence electrons. The van der Waals surface area contributed by atoms with Gasteiger partial charge in [-0.3, -0.25) is 4.79 Å². The fraction of sp³-hybridized carbons (Fsp3) is 0.650. The highest BCUT2D eigenvalue weighted by Crippen LogP contribution is 2.06. The number of carboxylic acid groups (broad SMARTS) is 1. The van der Waals surface area contributed by atoms with Crippen LogP contribution in [0.2, 0.25) is 0 Å². The maximum absolute atomic E-state index is 10.3. The number of hydrogen-bond acceptors (Lipinski definition) is 2. The van der Waals surface area contributed by atoms with Crippen LogP contribution in [0.15, 0.2) is 24.3 Å². The maximum Gasteiger partial charge on any atom is 0.303 e. The van der Waals surface area contributed by atoms with E-state index in [1.54, 1.807) is 0 Å². The molecule has 0 bridgehead atoms. The number of aliphatic carboxylic acids is 1. The Morgan fingerprint density at radius 1 is 1.04 bits per heavy atom. The molecule has 0 unspecified atom stereocenters. The van der Waals surface area contributed by atoms with Gasteiger partial charge in [0.2, 0.25) is 0 Å². The molecular weight excluding hydrogens is 288 g/mol. The highest BCUT2D eigenvalue weighted by Gasteiger charge is 1.98. The number of hydrogen-bond donors (Lipinski definition) is 2. The summed E-state index contributed by atoms with van der Waals surface area (Å²) in [7, 11) is 0. The van der Waals surface area contributed by atoms with Crippen LogP contribution in [-0.2, 0) is 4.79 Å². The van der Waals surface area contributed by atoms with E-state index in [1.807, 2.05) is 6.08 Å². The fourth-order valence-electron chi connectivity index (χ4n) is 2.04. The Morgan fingerprint density at radius 2 is 1.83 bits per heavy atom. The molecular formula is C20H32O3. The van der Waals surface area contributed by atoms with Gasteiger partial charge in [-0.25, -0.2) is 0 Å². The number of carboxylic acids is 1. The van der Waals surface area contributed by atoms with Crippen LogP contribution in [-0.4, -0.2) is 22.3 Å². The summed E-state index contributed by atoms with van der Waals surface area (Å²) in [6.07, 6.45) is 17.5. The second-order valence-corrected chi connectivity index (χ2v) is 5.71. The van der Waals surface area contributed by atoms with E-state index in [0.717, 1.165) is 25.7 Å². The molecule has 3 heteroatoms. The van der Waals surface area contributed by atoms with Crippen LogP contribution in [0.25, 0.3) is 0 Å². The average molecular weight is 320 g/mol. The SMILES string of the molecule is CCCCC/C=C\C[C@H](O)CC/C=C\CC#CCCCC(=O)O. The molecule has 0 aliphatic carbocycles. The summed E-state index contributed by atoms with van der Waals surface area (Å²) in [4.78, 5) is 10.3. The van der Waals surface area contributed by atoms with Gasteiger partial charge in [0.15, 0.2) is 0 Å². The van der Waals surface area contributed by atoms with Crippen molar-refractivity contribution in [1.29, 1.82) is 0 Å². The van der Waals surface area contributed by atoms with E-state index in [4.69, 9.17) is 5.11 Å². The molecule has 0 aromatic carbocycles. The summed E-state index contributed by atoms with van der Waals surface area (Å²) in [6.45, 7) is 2.20. The Kier molecular flexibility index (Phi) is 15.7. The predicted molar refractivity (Wildman–Crippen MR) is 96.2 cm³/mol. The van der Waals surface area contributed by atoms with Gasteiger partial charge in [-0.05, 0) is 38.5 Å². The number of unbranched alkanes of at least 4 members (excludes halogenated alkanes) is 4. The van der Waals surface area contributed by atoms with Gasteiger partial charge in [0.25, 0.3) is 0 Å². The van der Waals surface area contributed by atoms with Crippen LogP contribution < -0.4 is 0 Å². The molecule has 0 aliphatic rings. The van der Waals surface area contributed by atoms with Gasteiger partial charge in [-0.2, -0.15) is 0 Å². The molecule has 2 N–H and O–H groups in total. The van der Waals surface area contributed by atoms with E-state index < -0.39 is 5.97 Å². The van der Waals surface area contributed by atoms with Crippen molar-refractivity contribution in [2.24, 2.45) is 0 Å². The summed E-state index contributed by atoms with van der Waals surface area (Å²) < 4.78 is 0. The third kappa shape index (κ3) is 18.4. The maximum atomic E-state index is 10.3. The number of aliphatic hydroxyl groups is 1. The van der Waals surface area contributed by atoms with E-state index in [0.29, 0.717) is 19.3 Å². The van der Waals surface area contributed by atoms with E-state index in [-0.39, 0.29) is 12.5 Å². The van der Waals surface area contributed by atoms with Gasteiger partial charge >= 0.3 is 5.97 Å². The van der Waals surface area contributed by atoms with Gasteiger partial charge in [-0.1, -0.05) is 50.0 Å². The molecule has 0 saturated heterocycles. The molecule has 0 saturated carbocycles. The average Bonchev–Trinajstić information content (AvgIpc) is 2.52. The number of aliphatic hydroxyl groups excluding tert-OH is 1. The van der Waals surface area contributed by atoms with Gasteiger partial charge in [-0.15, -0.1) is 5.92 Å². The molecule has 0 aliphatic heterocycles. The highest BCUT2D eigenvalue weighted by molar-refractivity contribution is 5.66. The first-order valence-electron chi connectivity index (χ1n) is 8.82. The quantitative estimate of drug-likeness (QED) is 0.289. The highest BCUT2D eigenvalue weighted by atomic mass is 16.4. The molecule has 0 rings (SSSR count). The first-order chi connectivity index (χ1) is 11.2. The third-order valence-electron chi connectivity index (χ3n) is 3.42. The lowest BCUT2D eigenvalue weighted by Gasteiger charge is -2.04. The van der Waals surface area contributed by atoms with Crippen LogP contribution in [0.4, 0.5) is 0 Å². The van der Waals surface area contributed by atoms with Crippen molar-refractivity contribution in [3.8, 4) is 11.8 Å². The van der Waals surface area contributed by atoms with Crippen LogP contribution in [0.5, 0.6) is 0 Å². The van der Waals surface area contributed by atoms with E-state index in [9.17, 15) is 9.90 Å². The summed E-state index contributed by atoms with van der Waals surface area (Å²) >= 11 is 0. The lowest BCUT2D eigenvalue weighted by atomic mass is 10.1. The third-order valence-corrected chi connectivity index (χ3v) is 3.42. The zero-order valence-corrected chi connectivity index (χ0v) is 14.5. The molecule has 1 atom stereocenters. The summed E-state index contributed by atoms with van der Waals surface area (Å²) in [5, 5.41) is 18.3. The minimum atomic E-state index is -0.763. The zero-order valence-electron chi connectivity index (χ0n) is 14.5. The minimum Gasteiger partial charge on any atom is -0.481 e. The largest absolute Gasteiger partial charge is 0.481 e. The molecule has 0 spiro atoms. The van der Waals surface area contributed by atoms with Crippen molar-refractivity contribution < 1.29 is 15.0 Å². The topological polar surface area (TPSA) is 57.5 Å². The summed E-state index contributed by atoms with van der Waals surface area (Å²) in [5.41, 5.74) is 0. The first-order valence-corrected chi connectivity index (χ1v) is 8.82. The molecule has 0 aromatic rings. The normalized spacial score (nSPS) is 12.4. The number of allylic oxidation sites excluding steroid dienone is 3. The Labute approximate surface area is 141 Å². The van der Waals surface area contributed by atoms with Crippen molar-refractivity contribution >= 4 is 5.97 Å². The van der Waals surface area contributed by atoms with Crippen molar-refractivity contribution in [2.75, 3.05) is 0 Å². The minimum absolute atomic E-state index is 0.190. The molecule has 3 nitrogen and oxygen atoms in total. The van der Waals surface area contributed by atoms with Gasteiger partial charge < -0.3 is 10.2 Å². The molecule has 0 heterocycles. The zero-order chi connectivity index (χ0) is 17.2. The Morgan fingerprint density at radius 3 is 2.57 bits per heavy atom. The molecule has 0 radical (unpaired) electrons. The predicted octanol–water partition coefficient (Wildman–Crippen LogP) is 4.86. The molecule has 0 aromatic heterocycles. The Hall–Kier alpha value is -1.53. The standard InChI is InChI=1S/C20H32O3/c1-2-3-4-5-10-13-16-19(21)17-14-11-8-6-7-9-12-15-18-20(22)23/h8,10-11,13,19,21H,2-6,12,14-18H2,1H3,(H,22,23)/b11-8-,13-10-/t19-/m0/s1. The second kappa shape index (κ2) is 16.8. The smallest absolute Gasteiger partial charge is 0.303 e. The molecule has 23 heavy (non-hydrogen) atoms. The van der Waals surface area contributed by atoms with Crippen molar-refractivity contribution in [2.45, 2.75) is 83.7 Å². The van der Waals surface area contributed by atoms with Crippen molar-refractivity contribution in [3.63, 3.8) is 0 Å². The lowest BCUT2D eigenvalue weighted by molar-refractivity contribution is -0.137. The van der Waals surface area contributed by atoms with Gasteiger partial charge in [0, 0.05) is 19.3 Å². The Balaban J connectivity index is 3.51. The monoisotopic (exact) mass is 320 g/mol. The van der Waals surface area contributed by atoms with Gasteiger partial charge in [0.05, 0.1) is 6.10 Å². The Bertz CT molecular complexity index is 399. The van der Waals surface area contributed by atoms with E-state index >= 15 is 0 Å². The first kappa shape index (κ1) is 21.5. The lowest BCUT2D eigenvalue weighted by Crippen LogP contribution is -2.03. The van der Waals surface area contributed by atoms with Gasteiger partial charge in [0.1, 0.15) is 0 Å². The van der Waals surface area contributed by atoms with Crippen LogP contribution in [0, 0.1) is 11.8 Å². The van der Waals surface area contributed by atoms with Crippen LogP contribution in [0.3, 0.4) is 0 Å². The number of rotatable bonds is 13. The summed E-state index contributed by atoms with van der Waals surface area (Å²) in [6, 6.07) is 0. The fourth-order valence-corrected chi connectivity index (χ4v) is 2.04. The van der Waals surface area contributed by atoms with E-state index in [2.05, 4.69) is 37.0 Å².